The van der Waals surface area contributed by atoms with Gasteiger partial charge in [0.15, 0.2) is 0 Å². The second-order valence-electron chi connectivity index (χ2n) is 14.5. The zero-order chi connectivity index (χ0) is 25.6. The van der Waals surface area contributed by atoms with Crippen molar-refractivity contribution < 1.29 is 0 Å². The van der Waals surface area contributed by atoms with Gasteiger partial charge >= 0.3 is 0 Å². The molecule has 190 valence electrons. The van der Waals surface area contributed by atoms with Gasteiger partial charge in [-0.3, -0.25) is 9.80 Å². The van der Waals surface area contributed by atoms with E-state index in [2.05, 4.69) is 116 Å². The molecule has 2 aromatic carbocycles. The van der Waals surface area contributed by atoms with Gasteiger partial charge in [0.2, 0.25) is 0 Å². The van der Waals surface area contributed by atoms with Gasteiger partial charge in [0.1, 0.15) is 0 Å². The Hall–Kier alpha value is -1.64. The monoisotopic (exact) mass is 472 g/mol. The molecule has 0 unspecified atom stereocenters. The lowest BCUT2D eigenvalue weighted by atomic mass is 9.65. The Morgan fingerprint density at radius 3 is 1.63 bits per heavy atom. The van der Waals surface area contributed by atoms with Crippen molar-refractivity contribution >= 4 is 0 Å². The molecule has 3 aliphatic rings. The molecule has 2 heterocycles. The van der Waals surface area contributed by atoms with Gasteiger partial charge in [-0.1, -0.05) is 36.4 Å². The minimum Gasteiger partial charge on any atom is -0.296 e. The molecule has 35 heavy (non-hydrogen) atoms. The van der Waals surface area contributed by atoms with Crippen LogP contribution in [0, 0.1) is 0 Å². The quantitative estimate of drug-likeness (QED) is 0.373. The number of likely N-dealkylation sites (tertiary alicyclic amines) is 2. The van der Waals surface area contributed by atoms with Crippen LogP contribution in [-0.4, -0.2) is 46.1 Å². The molecule has 2 nitrogen and oxygen atoms in total. The van der Waals surface area contributed by atoms with Crippen molar-refractivity contribution in [2.45, 2.75) is 121 Å². The van der Waals surface area contributed by atoms with Crippen LogP contribution >= 0.6 is 0 Å². The minimum atomic E-state index is 0.184. The highest BCUT2D eigenvalue weighted by molar-refractivity contribution is 5.79. The van der Waals surface area contributed by atoms with E-state index in [1.807, 2.05) is 0 Å². The molecule has 0 radical (unpaired) electrons. The van der Waals surface area contributed by atoms with Gasteiger partial charge in [0, 0.05) is 22.2 Å². The van der Waals surface area contributed by atoms with Crippen LogP contribution < -0.4 is 0 Å². The van der Waals surface area contributed by atoms with Crippen molar-refractivity contribution in [2.24, 2.45) is 0 Å². The fraction of sp³-hybridized carbons (Fsp3) is 0.636. The predicted molar refractivity (Wildman–Crippen MR) is 150 cm³/mol. The summed E-state index contributed by atoms with van der Waals surface area (Å²) in [5.41, 5.74) is 10.2. The average Bonchev–Trinajstić information content (AvgIpc) is 3.13. The normalized spacial score (nSPS) is 25.9. The van der Waals surface area contributed by atoms with Crippen molar-refractivity contribution in [1.82, 2.24) is 9.80 Å². The number of fused-ring (bicyclic) bond motifs is 3. The first-order valence-electron chi connectivity index (χ1n) is 13.9. The minimum absolute atomic E-state index is 0.184. The average molecular weight is 473 g/mol. The van der Waals surface area contributed by atoms with Crippen LogP contribution in [0.5, 0.6) is 0 Å². The van der Waals surface area contributed by atoms with Crippen LogP contribution in [0.15, 0.2) is 36.4 Å². The fourth-order valence-electron chi connectivity index (χ4n) is 8.26. The highest BCUT2D eigenvalue weighted by atomic mass is 15.2. The van der Waals surface area contributed by atoms with Gasteiger partial charge < -0.3 is 0 Å². The third-order valence-electron chi connectivity index (χ3n) is 10.5. The molecule has 0 saturated carbocycles. The Kier molecular flexibility index (Phi) is 5.67. The molecule has 0 amide bonds. The lowest BCUT2D eigenvalue weighted by molar-refractivity contribution is -0.0172. The van der Waals surface area contributed by atoms with E-state index in [0.29, 0.717) is 11.8 Å². The van der Waals surface area contributed by atoms with Crippen molar-refractivity contribution in [3.8, 4) is 11.1 Å². The Labute approximate surface area is 215 Å². The van der Waals surface area contributed by atoms with Crippen LogP contribution in [0.25, 0.3) is 11.1 Å². The first kappa shape index (κ1) is 25.0. The summed E-state index contributed by atoms with van der Waals surface area (Å²) in [6.07, 6.45) is 6.01. The van der Waals surface area contributed by atoms with Crippen molar-refractivity contribution in [2.75, 3.05) is 14.1 Å². The third-order valence-corrected chi connectivity index (χ3v) is 10.5. The zero-order valence-electron chi connectivity index (χ0n) is 24.0. The highest BCUT2D eigenvalue weighted by Gasteiger charge is 2.47. The van der Waals surface area contributed by atoms with Crippen molar-refractivity contribution in [1.29, 1.82) is 0 Å². The second-order valence-corrected chi connectivity index (χ2v) is 14.5. The topological polar surface area (TPSA) is 6.48 Å². The summed E-state index contributed by atoms with van der Waals surface area (Å²) in [7, 11) is 4.67. The first-order valence-corrected chi connectivity index (χ1v) is 13.9. The smallest absolute Gasteiger partial charge is 0.0161 e. The summed E-state index contributed by atoms with van der Waals surface area (Å²) < 4.78 is 0. The summed E-state index contributed by atoms with van der Waals surface area (Å²) in [5, 5.41) is 0. The molecule has 0 spiro atoms. The van der Waals surface area contributed by atoms with Crippen LogP contribution in [0.1, 0.15) is 115 Å². The summed E-state index contributed by atoms with van der Waals surface area (Å²) >= 11 is 0. The largest absolute Gasteiger partial charge is 0.296 e. The lowest BCUT2D eigenvalue weighted by Crippen LogP contribution is -2.58. The maximum absolute atomic E-state index is 2.63. The molecule has 2 saturated heterocycles. The summed E-state index contributed by atoms with van der Waals surface area (Å²) in [6, 6.07) is 14.2. The van der Waals surface area contributed by atoms with Gasteiger partial charge in [0.05, 0.1) is 0 Å². The Morgan fingerprint density at radius 1 is 0.600 bits per heavy atom. The first-order chi connectivity index (χ1) is 16.1. The van der Waals surface area contributed by atoms with Crippen LogP contribution in [0.4, 0.5) is 0 Å². The van der Waals surface area contributed by atoms with Gasteiger partial charge in [-0.25, -0.2) is 0 Å². The maximum atomic E-state index is 2.63. The number of benzene rings is 2. The van der Waals surface area contributed by atoms with Crippen molar-refractivity contribution in [3.05, 3.63) is 58.7 Å². The van der Waals surface area contributed by atoms with Gasteiger partial charge in [-0.05, 0) is 147 Å². The van der Waals surface area contributed by atoms with Gasteiger partial charge in [0.25, 0.3) is 0 Å². The molecule has 0 N–H and O–H groups in total. The van der Waals surface area contributed by atoms with E-state index in [0.717, 1.165) is 6.42 Å². The highest BCUT2D eigenvalue weighted by Crippen LogP contribution is 2.53. The summed E-state index contributed by atoms with van der Waals surface area (Å²) in [5.74, 6) is 1.20. The molecule has 0 atom stereocenters. The number of piperidine rings is 2. The number of nitrogens with zero attached hydrogens (tertiary/aromatic N) is 2. The number of hydrogen-bond donors (Lipinski definition) is 0. The summed E-state index contributed by atoms with van der Waals surface area (Å²) in [4.78, 5) is 5.26. The van der Waals surface area contributed by atoms with E-state index >= 15 is 0 Å². The van der Waals surface area contributed by atoms with E-state index in [4.69, 9.17) is 0 Å². The van der Waals surface area contributed by atoms with Gasteiger partial charge in [-0.2, -0.15) is 0 Å². The zero-order valence-corrected chi connectivity index (χ0v) is 24.0. The molecular weight excluding hydrogens is 424 g/mol. The number of hydrogen-bond acceptors (Lipinski definition) is 2. The van der Waals surface area contributed by atoms with E-state index < -0.39 is 0 Å². The maximum Gasteiger partial charge on any atom is 0.0161 e. The Bertz CT molecular complexity index is 1100. The molecule has 2 heteroatoms. The molecular formula is C33H48N2. The van der Waals surface area contributed by atoms with Crippen LogP contribution in [-0.2, 0) is 6.42 Å². The van der Waals surface area contributed by atoms with E-state index in [9.17, 15) is 0 Å². The molecule has 5 rings (SSSR count). The molecule has 1 aliphatic carbocycles. The standard InChI is InChI=1S/C33H48N2/c1-30(2)18-23(19-31(3,4)34(30)9)26-15-16-27-25-14-12-11-13-22(25)17-28(27)29(26)24-20-32(5,6)35(10)33(7,8)21-24/h11-16,23-24H,17-21H2,1-10H3. The SMILES string of the molecule is CN1C(C)(C)CC(c2ccc3c(c2C2CC(C)(C)N(C)C(C)(C)C2)Cc2ccccc2-3)CC1(C)C. The number of rotatable bonds is 2. The fourth-order valence-corrected chi connectivity index (χ4v) is 8.26. The van der Waals surface area contributed by atoms with Crippen LogP contribution in [0.2, 0.25) is 0 Å². The van der Waals surface area contributed by atoms with E-state index in [-0.39, 0.29) is 22.2 Å². The molecule has 2 aliphatic heterocycles. The Balaban J connectivity index is 1.68. The van der Waals surface area contributed by atoms with Gasteiger partial charge in [-0.15, -0.1) is 0 Å². The van der Waals surface area contributed by atoms with Crippen LogP contribution in [0.3, 0.4) is 0 Å². The second kappa shape index (κ2) is 7.93. The summed E-state index contributed by atoms with van der Waals surface area (Å²) in [6.45, 7) is 19.6. The lowest BCUT2D eigenvalue weighted by Gasteiger charge is -2.56. The molecule has 0 aromatic heterocycles. The molecule has 2 aromatic rings. The van der Waals surface area contributed by atoms with E-state index in [1.165, 1.54) is 42.4 Å². The van der Waals surface area contributed by atoms with Crippen molar-refractivity contribution in [3.63, 3.8) is 0 Å². The molecule has 2 fully saturated rings. The molecule has 0 bridgehead atoms. The predicted octanol–water partition coefficient (Wildman–Crippen LogP) is 7.99. The van der Waals surface area contributed by atoms with E-state index in [1.54, 1.807) is 16.7 Å². The Morgan fingerprint density at radius 2 is 1.09 bits per heavy atom. The third kappa shape index (κ3) is 4.00.